The minimum atomic E-state index is -3.51. The number of hydrogen-bond acceptors (Lipinski definition) is 4. The summed E-state index contributed by atoms with van der Waals surface area (Å²) >= 11 is 1.59. The van der Waals surface area contributed by atoms with Crippen molar-refractivity contribution in [3.63, 3.8) is 0 Å². The first-order chi connectivity index (χ1) is 12.4. The Morgan fingerprint density at radius 2 is 1.73 bits per heavy atom. The number of halogens is 1. The van der Waals surface area contributed by atoms with E-state index in [9.17, 15) is 17.6 Å². The molecule has 0 aromatic heterocycles. The van der Waals surface area contributed by atoms with Gasteiger partial charge >= 0.3 is 0 Å². The molecule has 0 aliphatic heterocycles. The van der Waals surface area contributed by atoms with Crippen molar-refractivity contribution in [2.24, 2.45) is 0 Å². The number of carbonyl (C=O) groups is 1. The van der Waals surface area contributed by atoms with Crippen LogP contribution in [0.3, 0.4) is 0 Å². The van der Waals surface area contributed by atoms with Crippen LogP contribution in [-0.2, 0) is 10.0 Å². The Kier molecular flexibility index (Phi) is 7.62. The van der Waals surface area contributed by atoms with Gasteiger partial charge in [-0.15, -0.1) is 11.8 Å². The van der Waals surface area contributed by atoms with Crippen molar-refractivity contribution < 1.29 is 17.6 Å². The Morgan fingerprint density at radius 3 is 2.35 bits per heavy atom. The molecule has 0 aliphatic rings. The van der Waals surface area contributed by atoms with Crippen LogP contribution in [0.25, 0.3) is 0 Å². The first kappa shape index (κ1) is 20.4. The van der Waals surface area contributed by atoms with Gasteiger partial charge in [0.05, 0.1) is 4.90 Å². The van der Waals surface area contributed by atoms with Crippen LogP contribution in [-0.4, -0.2) is 33.2 Å². The van der Waals surface area contributed by atoms with Gasteiger partial charge in [0.1, 0.15) is 5.82 Å². The van der Waals surface area contributed by atoms with Crippen molar-refractivity contribution in [2.45, 2.75) is 23.1 Å². The van der Waals surface area contributed by atoms with Crippen LogP contribution >= 0.6 is 11.8 Å². The van der Waals surface area contributed by atoms with Gasteiger partial charge in [-0.2, -0.15) is 0 Å². The van der Waals surface area contributed by atoms with Crippen molar-refractivity contribution in [3.05, 3.63) is 59.9 Å². The monoisotopic (exact) mass is 396 g/mol. The summed E-state index contributed by atoms with van der Waals surface area (Å²) in [5.74, 6) is 0.293. The Balaban J connectivity index is 1.76. The van der Waals surface area contributed by atoms with Crippen LogP contribution in [0.2, 0.25) is 0 Å². The molecule has 2 aromatic carbocycles. The molecule has 140 valence electrons. The van der Waals surface area contributed by atoms with E-state index in [0.29, 0.717) is 18.7 Å². The van der Waals surface area contributed by atoms with Crippen molar-refractivity contribution in [3.8, 4) is 0 Å². The topological polar surface area (TPSA) is 75.3 Å². The van der Waals surface area contributed by atoms with Crippen LogP contribution < -0.4 is 10.0 Å². The lowest BCUT2D eigenvalue weighted by Gasteiger charge is -2.07. The zero-order valence-corrected chi connectivity index (χ0v) is 16.0. The molecule has 26 heavy (non-hydrogen) atoms. The minimum absolute atomic E-state index is 0.131. The van der Waals surface area contributed by atoms with E-state index in [1.807, 2.05) is 0 Å². The minimum Gasteiger partial charge on any atom is -0.352 e. The summed E-state index contributed by atoms with van der Waals surface area (Å²) in [7, 11) is -3.51. The van der Waals surface area contributed by atoms with E-state index in [4.69, 9.17) is 0 Å². The molecule has 8 heteroatoms. The lowest BCUT2D eigenvalue weighted by Crippen LogP contribution is -2.25. The molecule has 1 amide bonds. The fourth-order valence-corrected chi connectivity index (χ4v) is 4.05. The molecule has 0 spiro atoms. The van der Waals surface area contributed by atoms with E-state index in [-0.39, 0.29) is 16.6 Å². The standard InChI is InChI=1S/C18H21FN2O3S2/c1-2-21-26(23,24)17-10-4-14(5-11-17)18(22)20-12-3-13-25-16-8-6-15(19)7-9-16/h4-11,21H,2-3,12-13H2,1H3,(H,20,22). The van der Waals surface area contributed by atoms with Gasteiger partial charge in [-0.1, -0.05) is 6.92 Å². The normalized spacial score (nSPS) is 11.3. The number of hydrogen-bond donors (Lipinski definition) is 2. The third-order valence-electron chi connectivity index (χ3n) is 3.45. The predicted molar refractivity (Wildman–Crippen MR) is 101 cm³/mol. The number of rotatable bonds is 9. The first-order valence-corrected chi connectivity index (χ1v) is 10.7. The second-order valence-electron chi connectivity index (χ2n) is 5.44. The molecule has 5 nitrogen and oxygen atoms in total. The van der Waals surface area contributed by atoms with Gasteiger partial charge < -0.3 is 5.32 Å². The van der Waals surface area contributed by atoms with Crippen LogP contribution in [0, 0.1) is 5.82 Å². The highest BCUT2D eigenvalue weighted by atomic mass is 32.2. The SMILES string of the molecule is CCNS(=O)(=O)c1ccc(C(=O)NCCCSc2ccc(F)cc2)cc1. The number of amides is 1. The molecule has 2 rings (SSSR count). The van der Waals surface area contributed by atoms with E-state index >= 15 is 0 Å². The maximum absolute atomic E-state index is 12.8. The Morgan fingerprint density at radius 1 is 1.08 bits per heavy atom. The number of sulfonamides is 1. The summed E-state index contributed by atoms with van der Waals surface area (Å²) in [5, 5.41) is 2.80. The molecule has 0 saturated carbocycles. The molecule has 0 aliphatic carbocycles. The van der Waals surface area contributed by atoms with Crippen LogP contribution in [0.1, 0.15) is 23.7 Å². The lowest BCUT2D eigenvalue weighted by atomic mass is 10.2. The zero-order chi connectivity index (χ0) is 19.0. The van der Waals surface area contributed by atoms with E-state index in [1.54, 1.807) is 30.8 Å². The molecule has 0 fully saturated rings. The van der Waals surface area contributed by atoms with Crippen LogP contribution in [0.5, 0.6) is 0 Å². The van der Waals surface area contributed by atoms with Gasteiger partial charge in [0.2, 0.25) is 10.0 Å². The molecule has 2 aromatic rings. The smallest absolute Gasteiger partial charge is 0.251 e. The van der Waals surface area contributed by atoms with Crippen molar-refractivity contribution in [2.75, 3.05) is 18.8 Å². The number of benzene rings is 2. The van der Waals surface area contributed by atoms with Gasteiger partial charge in [0.15, 0.2) is 0 Å². The molecule has 0 saturated heterocycles. The van der Waals surface area contributed by atoms with E-state index in [1.165, 1.54) is 36.4 Å². The average molecular weight is 397 g/mol. The van der Waals surface area contributed by atoms with Crippen LogP contribution in [0.4, 0.5) is 4.39 Å². The molecule has 0 bridgehead atoms. The quantitative estimate of drug-likeness (QED) is 0.505. The number of nitrogens with one attached hydrogen (secondary N) is 2. The molecular weight excluding hydrogens is 375 g/mol. The van der Waals surface area contributed by atoms with Crippen molar-refractivity contribution in [1.82, 2.24) is 10.0 Å². The van der Waals surface area contributed by atoms with Gasteiger partial charge in [-0.05, 0) is 60.7 Å². The van der Waals surface area contributed by atoms with Crippen LogP contribution in [0.15, 0.2) is 58.3 Å². The number of thioether (sulfide) groups is 1. The maximum Gasteiger partial charge on any atom is 0.251 e. The lowest BCUT2D eigenvalue weighted by molar-refractivity contribution is 0.0953. The van der Waals surface area contributed by atoms with E-state index in [0.717, 1.165) is 17.1 Å². The largest absolute Gasteiger partial charge is 0.352 e. The fourth-order valence-electron chi connectivity index (χ4n) is 2.16. The molecule has 0 radical (unpaired) electrons. The molecule has 0 heterocycles. The summed E-state index contributed by atoms with van der Waals surface area (Å²) in [4.78, 5) is 13.2. The average Bonchev–Trinajstić information content (AvgIpc) is 2.63. The number of carbonyl (C=O) groups excluding carboxylic acids is 1. The molecule has 0 atom stereocenters. The summed E-state index contributed by atoms with van der Waals surface area (Å²) in [6, 6.07) is 12.1. The summed E-state index contributed by atoms with van der Waals surface area (Å²) in [5.41, 5.74) is 0.409. The van der Waals surface area contributed by atoms with Gasteiger partial charge in [0, 0.05) is 23.5 Å². The highest BCUT2D eigenvalue weighted by Gasteiger charge is 2.13. The highest BCUT2D eigenvalue weighted by Crippen LogP contribution is 2.18. The van der Waals surface area contributed by atoms with E-state index < -0.39 is 10.0 Å². The van der Waals surface area contributed by atoms with E-state index in [2.05, 4.69) is 10.0 Å². The second-order valence-corrected chi connectivity index (χ2v) is 8.37. The molecular formula is C18H21FN2O3S2. The fraction of sp³-hybridized carbons (Fsp3) is 0.278. The molecule has 0 unspecified atom stereocenters. The Bertz CT molecular complexity index is 823. The maximum atomic E-state index is 12.8. The van der Waals surface area contributed by atoms with Gasteiger partial charge in [-0.25, -0.2) is 17.5 Å². The highest BCUT2D eigenvalue weighted by molar-refractivity contribution is 7.99. The summed E-state index contributed by atoms with van der Waals surface area (Å²) in [6.45, 7) is 2.51. The summed E-state index contributed by atoms with van der Waals surface area (Å²) in [6.07, 6.45) is 0.765. The van der Waals surface area contributed by atoms with Crippen molar-refractivity contribution in [1.29, 1.82) is 0 Å². The molecule has 2 N–H and O–H groups in total. The predicted octanol–water partition coefficient (Wildman–Crippen LogP) is 3.04. The third kappa shape index (κ3) is 6.12. The third-order valence-corrected chi connectivity index (χ3v) is 6.11. The van der Waals surface area contributed by atoms with Gasteiger partial charge in [0.25, 0.3) is 5.91 Å². The Labute approximate surface area is 157 Å². The summed E-state index contributed by atoms with van der Waals surface area (Å²) < 4.78 is 38.9. The Hall–Kier alpha value is -1.90. The first-order valence-electron chi connectivity index (χ1n) is 8.18. The van der Waals surface area contributed by atoms with Gasteiger partial charge in [-0.3, -0.25) is 4.79 Å². The van der Waals surface area contributed by atoms with Crippen molar-refractivity contribution >= 4 is 27.7 Å². The second kappa shape index (κ2) is 9.70. The zero-order valence-electron chi connectivity index (χ0n) is 14.4.